The lowest BCUT2D eigenvalue weighted by molar-refractivity contribution is -0.143. The number of hydrogen-bond donors (Lipinski definition) is 2. The van der Waals surface area contributed by atoms with Crippen LogP contribution in [0.2, 0.25) is 5.28 Å². The molecule has 40 heavy (non-hydrogen) atoms. The summed E-state index contributed by atoms with van der Waals surface area (Å²) in [6.45, 7) is 2.01. The van der Waals surface area contributed by atoms with Crippen molar-refractivity contribution in [3.05, 3.63) is 53.1 Å². The predicted octanol–water partition coefficient (Wildman–Crippen LogP) is 4.15. The average Bonchev–Trinajstić information content (AvgIpc) is 3.41. The number of aryl methyl sites for hydroxylation is 1. The van der Waals surface area contributed by atoms with Crippen LogP contribution in [0.4, 0.5) is 0 Å². The first kappa shape index (κ1) is 28.3. The van der Waals surface area contributed by atoms with Gasteiger partial charge in [-0.15, -0.1) is 0 Å². The van der Waals surface area contributed by atoms with E-state index in [2.05, 4.69) is 32.7 Å². The minimum atomic E-state index is -0.718. The van der Waals surface area contributed by atoms with Crippen molar-refractivity contribution < 1.29 is 19.1 Å². The van der Waals surface area contributed by atoms with Gasteiger partial charge >= 0.3 is 0 Å². The van der Waals surface area contributed by atoms with Crippen LogP contribution in [0.15, 0.2) is 36.7 Å². The van der Waals surface area contributed by atoms with Crippen LogP contribution in [0.25, 0.3) is 0 Å². The van der Waals surface area contributed by atoms with Crippen LogP contribution in [-0.4, -0.2) is 57.3 Å². The van der Waals surface area contributed by atoms with Crippen LogP contribution in [0.5, 0.6) is 5.75 Å². The van der Waals surface area contributed by atoms with Crippen molar-refractivity contribution in [1.82, 2.24) is 25.5 Å². The Bertz CT molecular complexity index is 1200. The predicted molar refractivity (Wildman–Crippen MR) is 151 cm³/mol. The van der Waals surface area contributed by atoms with Crippen LogP contribution in [-0.2, 0) is 20.8 Å². The second kappa shape index (κ2) is 13.0. The van der Waals surface area contributed by atoms with Gasteiger partial charge in [0.1, 0.15) is 18.2 Å². The van der Waals surface area contributed by atoms with Gasteiger partial charge < -0.3 is 20.3 Å². The van der Waals surface area contributed by atoms with E-state index >= 15 is 0 Å². The second-order valence-corrected chi connectivity index (χ2v) is 11.5. The number of likely N-dealkylation sites (tertiary alicyclic amines) is 1. The maximum Gasteiger partial charge on any atom is 0.246 e. The molecule has 3 aliphatic rings. The summed E-state index contributed by atoms with van der Waals surface area (Å²) in [5.74, 6) is -0.0920. The van der Waals surface area contributed by atoms with E-state index in [9.17, 15) is 14.4 Å². The molecule has 2 N–H and O–H groups in total. The summed E-state index contributed by atoms with van der Waals surface area (Å²) in [5, 5.41) is 6.36. The molecule has 1 aliphatic heterocycles. The van der Waals surface area contributed by atoms with E-state index in [-0.39, 0.29) is 41.5 Å². The maximum absolute atomic E-state index is 14.2. The summed E-state index contributed by atoms with van der Waals surface area (Å²) < 4.78 is 6.12. The maximum atomic E-state index is 14.2. The molecule has 4 atom stereocenters. The molecule has 2 heterocycles. The molecule has 3 amide bonds. The van der Waals surface area contributed by atoms with Crippen molar-refractivity contribution in [1.29, 1.82) is 0 Å². The Labute approximate surface area is 240 Å². The van der Waals surface area contributed by atoms with Gasteiger partial charge in [-0.05, 0) is 60.7 Å². The number of nitrogens with zero attached hydrogens (tertiary/aromatic N) is 3. The first-order valence-electron chi connectivity index (χ1n) is 14.5. The minimum Gasteiger partial charge on any atom is -0.485 e. The van der Waals surface area contributed by atoms with E-state index in [0.717, 1.165) is 56.9 Å². The highest BCUT2D eigenvalue weighted by atomic mass is 35.5. The molecule has 9 nitrogen and oxygen atoms in total. The molecular weight excluding hydrogens is 530 g/mol. The van der Waals surface area contributed by atoms with E-state index in [1.807, 2.05) is 12.1 Å². The quantitative estimate of drug-likeness (QED) is 0.463. The number of nitrogens with one attached hydrogen (secondary N) is 2. The Hall–Kier alpha value is -3.20. The van der Waals surface area contributed by atoms with Gasteiger partial charge in [-0.3, -0.25) is 14.4 Å². The molecule has 214 valence electrons. The van der Waals surface area contributed by atoms with Crippen LogP contribution < -0.4 is 15.4 Å². The molecule has 1 saturated carbocycles. The first-order chi connectivity index (χ1) is 19.4. The van der Waals surface area contributed by atoms with Crippen molar-refractivity contribution in [2.75, 3.05) is 6.54 Å². The number of carbonyl (C=O) groups is 3. The zero-order valence-corrected chi connectivity index (χ0v) is 23.7. The van der Waals surface area contributed by atoms with Crippen molar-refractivity contribution in [2.24, 2.45) is 5.92 Å². The number of halogens is 1. The number of carbonyl (C=O) groups excluding carboxylic acids is 3. The molecule has 0 unspecified atom stereocenters. The van der Waals surface area contributed by atoms with Gasteiger partial charge in [0.15, 0.2) is 5.75 Å². The fourth-order valence-electron chi connectivity index (χ4n) is 6.40. The third kappa shape index (κ3) is 6.57. The Morgan fingerprint density at radius 3 is 2.58 bits per heavy atom. The monoisotopic (exact) mass is 567 g/mol. The molecule has 2 aliphatic carbocycles. The molecule has 2 fully saturated rings. The van der Waals surface area contributed by atoms with E-state index in [1.54, 1.807) is 11.8 Å². The summed E-state index contributed by atoms with van der Waals surface area (Å²) in [5.41, 5.74) is 2.39. The van der Waals surface area contributed by atoms with Crippen molar-refractivity contribution in [2.45, 2.75) is 95.4 Å². The largest absolute Gasteiger partial charge is 0.485 e. The standard InChI is InChI=1S/C30H38ClN5O4/c1-2-26(37)35-27(20-10-4-3-5-11-20)29(39)36-18-21(40-22-16-32-30(31)33-17-22)15-25(36)28(38)34-24-14-8-12-19-9-6-7-13-23(19)24/h6-7,9,13,16-17,20-21,24-25,27H,2-5,8,10-12,14-15,18H2,1H3,(H,34,38)(H,35,37)/t21-,24+,25-,27-/m0/s1. The molecule has 0 bridgehead atoms. The molecule has 2 aromatic rings. The van der Waals surface area contributed by atoms with Gasteiger partial charge in [-0.25, -0.2) is 9.97 Å². The smallest absolute Gasteiger partial charge is 0.246 e. The summed E-state index contributed by atoms with van der Waals surface area (Å²) in [6, 6.07) is 6.73. The first-order valence-corrected chi connectivity index (χ1v) is 14.9. The summed E-state index contributed by atoms with van der Waals surface area (Å²) in [6.07, 6.45) is 11.0. The van der Waals surface area contributed by atoms with E-state index in [1.165, 1.54) is 18.0 Å². The van der Waals surface area contributed by atoms with Gasteiger partial charge in [-0.1, -0.05) is 50.5 Å². The molecule has 0 radical (unpaired) electrons. The summed E-state index contributed by atoms with van der Waals surface area (Å²) in [7, 11) is 0. The molecule has 5 rings (SSSR count). The van der Waals surface area contributed by atoms with Crippen LogP contribution in [0.1, 0.15) is 81.9 Å². The highest BCUT2D eigenvalue weighted by Crippen LogP contribution is 2.33. The lowest BCUT2D eigenvalue weighted by Gasteiger charge is -2.35. The normalized spacial score (nSPS) is 23.6. The van der Waals surface area contributed by atoms with Crippen molar-refractivity contribution >= 4 is 29.3 Å². The van der Waals surface area contributed by atoms with Gasteiger partial charge in [0, 0.05) is 12.8 Å². The van der Waals surface area contributed by atoms with Gasteiger partial charge in [0.2, 0.25) is 23.0 Å². The molecule has 1 saturated heterocycles. The van der Waals surface area contributed by atoms with Gasteiger partial charge in [0.25, 0.3) is 0 Å². The van der Waals surface area contributed by atoms with Crippen LogP contribution >= 0.6 is 11.6 Å². The molecule has 1 aromatic heterocycles. The molecule has 10 heteroatoms. The van der Waals surface area contributed by atoms with Gasteiger partial charge in [-0.2, -0.15) is 0 Å². The number of fused-ring (bicyclic) bond motifs is 1. The minimum absolute atomic E-state index is 0.0512. The summed E-state index contributed by atoms with van der Waals surface area (Å²) >= 11 is 5.83. The highest BCUT2D eigenvalue weighted by molar-refractivity contribution is 6.28. The Morgan fingerprint density at radius 2 is 1.82 bits per heavy atom. The lowest BCUT2D eigenvalue weighted by Crippen LogP contribution is -2.56. The number of hydrogen-bond acceptors (Lipinski definition) is 6. The van der Waals surface area contributed by atoms with E-state index < -0.39 is 18.2 Å². The zero-order valence-electron chi connectivity index (χ0n) is 23.0. The van der Waals surface area contributed by atoms with Crippen molar-refractivity contribution in [3.63, 3.8) is 0 Å². The number of ether oxygens (including phenoxy) is 1. The van der Waals surface area contributed by atoms with E-state index in [0.29, 0.717) is 18.6 Å². The fraction of sp³-hybridized carbons (Fsp3) is 0.567. The third-order valence-corrected chi connectivity index (χ3v) is 8.65. The van der Waals surface area contributed by atoms with E-state index in [4.69, 9.17) is 16.3 Å². The zero-order chi connectivity index (χ0) is 28.1. The number of benzene rings is 1. The topological polar surface area (TPSA) is 114 Å². The Morgan fingerprint density at radius 1 is 1.07 bits per heavy atom. The van der Waals surface area contributed by atoms with Crippen LogP contribution in [0, 0.1) is 5.92 Å². The molecular formula is C30H38ClN5O4. The van der Waals surface area contributed by atoms with Crippen LogP contribution in [0.3, 0.4) is 0 Å². The number of amides is 3. The number of aromatic nitrogens is 2. The third-order valence-electron chi connectivity index (χ3n) is 8.46. The molecule has 1 aromatic carbocycles. The highest BCUT2D eigenvalue weighted by Gasteiger charge is 2.45. The second-order valence-electron chi connectivity index (χ2n) is 11.1. The Balaban J connectivity index is 1.38. The Kier molecular flexibility index (Phi) is 9.19. The summed E-state index contributed by atoms with van der Waals surface area (Å²) in [4.78, 5) is 50.1. The lowest BCUT2D eigenvalue weighted by atomic mass is 9.83. The molecule has 0 spiro atoms. The average molecular weight is 568 g/mol. The van der Waals surface area contributed by atoms with Crippen molar-refractivity contribution in [3.8, 4) is 5.75 Å². The van der Waals surface area contributed by atoms with Gasteiger partial charge in [0.05, 0.1) is 25.0 Å². The SMILES string of the molecule is CCC(=O)N[C@H](C(=O)N1C[C@@H](Oc2cnc(Cl)nc2)C[C@H]1C(=O)N[C@@H]1CCCc2ccccc21)C1CCCCC1. The fourth-order valence-corrected chi connectivity index (χ4v) is 6.50. The number of rotatable bonds is 8.